The molecule has 1 aromatic rings. The Morgan fingerprint density at radius 1 is 1.30 bits per heavy atom. The highest BCUT2D eigenvalue weighted by atomic mass is 32.2. The van der Waals surface area contributed by atoms with Crippen LogP contribution in [0.3, 0.4) is 0 Å². The lowest BCUT2D eigenvalue weighted by Gasteiger charge is -2.05. The third-order valence-corrected chi connectivity index (χ3v) is 3.39. The number of nitrogens with zero attached hydrogens (tertiary/aromatic N) is 1. The van der Waals surface area contributed by atoms with Gasteiger partial charge in [-0.2, -0.15) is 0 Å². The number of rotatable bonds is 7. The third kappa shape index (κ3) is 6.43. The lowest BCUT2D eigenvalue weighted by atomic mass is 10.1. The molecule has 23 heavy (non-hydrogen) atoms. The Balaban J connectivity index is 2.86. The van der Waals surface area contributed by atoms with E-state index in [4.69, 9.17) is 4.74 Å². The number of hydrogen-bond donors (Lipinski definition) is 0. The van der Waals surface area contributed by atoms with E-state index in [1.807, 2.05) is 0 Å². The van der Waals surface area contributed by atoms with Gasteiger partial charge in [-0.25, -0.2) is 4.79 Å². The van der Waals surface area contributed by atoms with Crippen LogP contribution in [0.1, 0.15) is 19.4 Å². The van der Waals surface area contributed by atoms with E-state index < -0.39 is 16.7 Å². The molecule has 0 amide bonds. The van der Waals surface area contributed by atoms with E-state index in [1.54, 1.807) is 0 Å². The van der Waals surface area contributed by atoms with Crippen LogP contribution in [0.25, 0.3) is 6.08 Å². The zero-order valence-electron chi connectivity index (χ0n) is 12.6. The van der Waals surface area contributed by atoms with Crippen LogP contribution in [0.15, 0.2) is 29.8 Å². The van der Waals surface area contributed by atoms with E-state index in [2.05, 4.69) is 0 Å². The summed E-state index contributed by atoms with van der Waals surface area (Å²) >= 11 is 1.01. The zero-order chi connectivity index (χ0) is 17.4. The van der Waals surface area contributed by atoms with Crippen LogP contribution in [0.5, 0.6) is 0 Å². The van der Waals surface area contributed by atoms with Gasteiger partial charge in [0.15, 0.2) is 10.9 Å². The van der Waals surface area contributed by atoms with Gasteiger partial charge in [-0.3, -0.25) is 19.7 Å². The minimum atomic E-state index is -0.826. The Kier molecular flexibility index (Phi) is 7.14. The summed E-state index contributed by atoms with van der Waals surface area (Å²) in [6.45, 7) is 2.59. The van der Waals surface area contributed by atoms with Gasteiger partial charge in [0, 0.05) is 24.8 Å². The number of benzene rings is 1. The van der Waals surface area contributed by atoms with E-state index in [1.165, 1.54) is 44.2 Å². The molecular weight excluding hydrogens is 322 g/mol. The molecule has 122 valence electrons. The lowest BCUT2D eigenvalue weighted by Crippen LogP contribution is -2.15. The summed E-state index contributed by atoms with van der Waals surface area (Å²) in [5, 5.41) is 10.6. The molecule has 1 rings (SSSR count). The maximum absolute atomic E-state index is 11.9. The molecular formula is C15H15NO6S. The number of thioether (sulfide) groups is 1. The summed E-state index contributed by atoms with van der Waals surface area (Å²) in [4.78, 5) is 44.4. The first-order valence-electron chi connectivity index (χ1n) is 6.59. The first-order valence-corrected chi connectivity index (χ1v) is 7.57. The fraction of sp³-hybridized carbons (Fsp3) is 0.267. The maximum Gasteiger partial charge on any atom is 0.341 e. The molecule has 0 atom stereocenters. The molecule has 0 aromatic heterocycles. The fourth-order valence-electron chi connectivity index (χ4n) is 1.60. The molecule has 0 bridgehead atoms. The van der Waals surface area contributed by atoms with Gasteiger partial charge in [-0.05, 0) is 18.6 Å². The van der Waals surface area contributed by atoms with Gasteiger partial charge in [0.2, 0.25) is 0 Å². The van der Waals surface area contributed by atoms with Crippen molar-refractivity contribution in [2.75, 3.05) is 12.4 Å². The van der Waals surface area contributed by atoms with Crippen molar-refractivity contribution in [3.8, 4) is 0 Å². The van der Waals surface area contributed by atoms with E-state index in [-0.39, 0.29) is 23.0 Å². The Morgan fingerprint density at radius 3 is 2.57 bits per heavy atom. The van der Waals surface area contributed by atoms with Crippen molar-refractivity contribution in [2.24, 2.45) is 0 Å². The van der Waals surface area contributed by atoms with Crippen LogP contribution in [0.2, 0.25) is 0 Å². The number of nitro groups is 1. The molecule has 0 saturated carbocycles. The quantitative estimate of drug-likeness (QED) is 0.143. The SMILES string of the molecule is CC(=O)SCCOC(=O)/C(=C/c1cccc([N+](=O)[O-])c1)C(C)=O. The Labute approximate surface area is 136 Å². The fourth-order valence-corrected chi connectivity index (χ4v) is 2.05. The van der Waals surface area contributed by atoms with Crippen LogP contribution in [0.4, 0.5) is 5.69 Å². The first-order chi connectivity index (χ1) is 10.8. The largest absolute Gasteiger partial charge is 0.461 e. The van der Waals surface area contributed by atoms with Crippen molar-refractivity contribution in [2.45, 2.75) is 13.8 Å². The standard InChI is InChI=1S/C15H15NO6S/c1-10(17)14(15(19)22-6-7-23-11(2)18)9-12-4-3-5-13(8-12)16(20)21/h3-5,8-9H,6-7H2,1-2H3/b14-9+. The highest BCUT2D eigenvalue weighted by Gasteiger charge is 2.17. The van der Waals surface area contributed by atoms with Gasteiger partial charge in [-0.1, -0.05) is 23.9 Å². The number of non-ortho nitro benzene ring substituents is 1. The normalized spacial score (nSPS) is 11.0. The molecule has 1 aromatic carbocycles. The number of ketones is 1. The van der Waals surface area contributed by atoms with E-state index in [9.17, 15) is 24.5 Å². The van der Waals surface area contributed by atoms with Crippen LogP contribution >= 0.6 is 11.8 Å². The molecule has 0 aliphatic rings. The summed E-state index contributed by atoms with van der Waals surface area (Å²) in [5.74, 6) is -1.04. The third-order valence-electron chi connectivity index (χ3n) is 2.61. The summed E-state index contributed by atoms with van der Waals surface area (Å²) in [7, 11) is 0. The monoisotopic (exact) mass is 337 g/mol. The molecule has 0 aliphatic heterocycles. The second kappa shape index (κ2) is 8.84. The number of nitro benzene ring substituents is 1. The van der Waals surface area contributed by atoms with Crippen LogP contribution < -0.4 is 0 Å². The van der Waals surface area contributed by atoms with Crippen LogP contribution in [-0.2, 0) is 19.1 Å². The number of esters is 1. The molecule has 0 spiro atoms. The summed E-state index contributed by atoms with van der Waals surface area (Å²) < 4.78 is 4.93. The highest BCUT2D eigenvalue weighted by molar-refractivity contribution is 8.13. The zero-order valence-corrected chi connectivity index (χ0v) is 13.4. The van der Waals surface area contributed by atoms with Crippen LogP contribution in [0, 0.1) is 10.1 Å². The minimum Gasteiger partial charge on any atom is -0.461 e. The lowest BCUT2D eigenvalue weighted by molar-refractivity contribution is -0.384. The Bertz CT molecular complexity index is 668. The molecule has 8 heteroatoms. The summed E-state index contributed by atoms with van der Waals surface area (Å²) in [5.41, 5.74) is -0.00865. The topological polar surface area (TPSA) is 104 Å². The first kappa shape index (κ1) is 18.6. The predicted molar refractivity (Wildman–Crippen MR) is 85.9 cm³/mol. The predicted octanol–water partition coefficient (Wildman–Crippen LogP) is 2.39. The van der Waals surface area contributed by atoms with Gasteiger partial charge in [0.25, 0.3) is 5.69 Å². The highest BCUT2D eigenvalue weighted by Crippen LogP contribution is 2.16. The molecule has 0 fully saturated rings. The maximum atomic E-state index is 11.9. The second-order valence-corrected chi connectivity index (χ2v) is 5.71. The van der Waals surface area contributed by atoms with Crippen molar-refractivity contribution >= 4 is 40.4 Å². The van der Waals surface area contributed by atoms with E-state index in [0.717, 1.165) is 11.8 Å². The van der Waals surface area contributed by atoms with Crippen molar-refractivity contribution in [3.63, 3.8) is 0 Å². The Morgan fingerprint density at radius 2 is 2.00 bits per heavy atom. The van der Waals surface area contributed by atoms with Gasteiger partial charge in [-0.15, -0.1) is 0 Å². The number of carbonyl (C=O) groups is 3. The van der Waals surface area contributed by atoms with Gasteiger partial charge in [0.05, 0.1) is 4.92 Å². The molecule has 0 saturated heterocycles. The van der Waals surface area contributed by atoms with Crippen molar-refractivity contribution in [1.29, 1.82) is 0 Å². The summed E-state index contributed by atoms with van der Waals surface area (Å²) in [6.07, 6.45) is 1.25. The number of ether oxygens (including phenoxy) is 1. The van der Waals surface area contributed by atoms with Gasteiger partial charge in [0.1, 0.15) is 12.2 Å². The Hall–Kier alpha value is -2.48. The number of hydrogen-bond acceptors (Lipinski definition) is 7. The van der Waals surface area contributed by atoms with Crippen LogP contribution in [-0.4, -0.2) is 34.2 Å². The average molecular weight is 337 g/mol. The average Bonchev–Trinajstić information content (AvgIpc) is 2.48. The second-order valence-electron chi connectivity index (χ2n) is 4.44. The number of carbonyl (C=O) groups excluding carboxylic acids is 3. The number of Topliss-reactive ketones (excluding diaryl/α,β-unsaturated/α-hetero) is 1. The molecule has 0 aliphatic carbocycles. The van der Waals surface area contributed by atoms with Crippen molar-refractivity contribution in [1.82, 2.24) is 0 Å². The van der Waals surface area contributed by atoms with Crippen molar-refractivity contribution in [3.05, 3.63) is 45.5 Å². The summed E-state index contributed by atoms with van der Waals surface area (Å²) in [6, 6.07) is 5.55. The molecule has 0 unspecified atom stereocenters. The minimum absolute atomic E-state index is 0.0113. The molecule has 0 N–H and O–H groups in total. The smallest absolute Gasteiger partial charge is 0.341 e. The van der Waals surface area contributed by atoms with Gasteiger partial charge >= 0.3 is 5.97 Å². The van der Waals surface area contributed by atoms with E-state index >= 15 is 0 Å². The molecule has 7 nitrogen and oxygen atoms in total. The van der Waals surface area contributed by atoms with E-state index in [0.29, 0.717) is 11.3 Å². The molecule has 0 heterocycles. The van der Waals surface area contributed by atoms with Gasteiger partial charge < -0.3 is 4.74 Å². The molecule has 0 radical (unpaired) electrons. The van der Waals surface area contributed by atoms with Crippen molar-refractivity contribution < 1.29 is 24.0 Å².